The monoisotopic (exact) mass is 93.0 g/mol. The summed E-state index contributed by atoms with van der Waals surface area (Å²) >= 11 is 5.61. The minimum absolute atomic E-state index is 1.47. The van der Waals surface area contributed by atoms with Gasteiger partial charge in [-0.25, -0.2) is 5.25 Å². The fraction of sp³-hybridized carbons (Fsp3) is 0. The van der Waals surface area contributed by atoms with Crippen molar-refractivity contribution in [1.29, 1.82) is 0 Å². The van der Waals surface area contributed by atoms with Gasteiger partial charge < -0.3 is 0 Å². The molecule has 1 nitrogen and oxygen atoms in total. The molecular weight excluding hydrogens is 91.9 g/mol. The predicted octanol–water partition coefficient (Wildman–Crippen LogP) is 0.408. The Bertz CT molecular complexity index is 6.00. The molecule has 0 aliphatic heterocycles. The van der Waals surface area contributed by atoms with E-state index in [1.807, 2.05) is 0 Å². The van der Waals surface area contributed by atoms with E-state index in [2.05, 4.69) is 26.8 Å². The Morgan fingerprint density at radius 1 is 1.25 bits per heavy atom. The first kappa shape index (κ1) is 8.93. The molecule has 0 atom stereocenters. The van der Waals surface area contributed by atoms with E-state index in [1.54, 1.807) is 0 Å². The number of nitrogens with two attached hydrogens (primary N) is 1. The van der Waals surface area contributed by atoms with Crippen LogP contribution in [0.2, 0.25) is 0 Å². The van der Waals surface area contributed by atoms with Crippen LogP contribution in [0.1, 0.15) is 0 Å². The minimum atomic E-state index is 1.47. The Balaban J connectivity index is 0. The van der Waals surface area contributed by atoms with Crippen molar-refractivity contribution in [2.75, 3.05) is 0 Å². The van der Waals surface area contributed by atoms with Gasteiger partial charge in [0.25, 0.3) is 0 Å². The van der Waals surface area contributed by atoms with Crippen molar-refractivity contribution in [2.24, 2.45) is 5.25 Å². The van der Waals surface area contributed by atoms with Gasteiger partial charge >= 0.3 is 26.5 Å². The summed E-state index contributed by atoms with van der Waals surface area (Å²) in [4.78, 5) is 0. The molecule has 0 aromatic rings. The molecule has 0 aliphatic rings. The summed E-state index contributed by atoms with van der Waals surface area (Å²) in [6.45, 7) is 0. The van der Waals surface area contributed by atoms with Crippen LogP contribution in [0.15, 0.2) is 0 Å². The normalized spacial score (nSPS) is 3.25. The maximum atomic E-state index is 4.64. The Hall–Kier alpha value is 1.14. The molecule has 0 aliphatic carbocycles. The standard InChI is InChI=1S/ClH2N.ClH.Li/c1-2;;/h2H2;1H;/q;;+1/p-1. The third-order valence-electron chi connectivity index (χ3n) is 0. The van der Waals surface area contributed by atoms with Gasteiger partial charge in [-0.05, 0) is 11.8 Å². The fourth-order valence-corrected chi connectivity index (χ4v) is 0. The van der Waals surface area contributed by atoms with E-state index in [4.69, 9.17) is 0 Å². The van der Waals surface area contributed by atoms with E-state index in [0.29, 0.717) is 0 Å². The summed E-state index contributed by atoms with van der Waals surface area (Å²) in [5.74, 6) is 0. The van der Waals surface area contributed by atoms with Crippen LogP contribution in [0.25, 0.3) is 0 Å². The summed E-state index contributed by atoms with van der Waals surface area (Å²) < 4.78 is 0. The first-order valence-corrected chi connectivity index (χ1v) is 1.79. The van der Waals surface area contributed by atoms with Gasteiger partial charge in [0.1, 0.15) is 0 Å². The summed E-state index contributed by atoms with van der Waals surface area (Å²) in [6, 6.07) is 0. The zero-order chi connectivity index (χ0) is 4.00. The van der Waals surface area contributed by atoms with Crippen molar-refractivity contribution in [3.8, 4) is 0 Å². The second kappa shape index (κ2) is 31.5. The topological polar surface area (TPSA) is 26.0 Å². The van der Waals surface area contributed by atoms with Gasteiger partial charge in [0.05, 0.1) is 0 Å². The molecule has 0 heterocycles. The SMILES string of the molecule is NCl.[Li][Cl]. The average Bonchev–Trinajstić information content (AvgIpc) is 1.50. The third-order valence-corrected chi connectivity index (χ3v) is 0. The molecule has 4 heavy (non-hydrogen) atoms. The number of rotatable bonds is 0. The molecule has 4 heteroatoms. The molecule has 22 valence electrons. The molecule has 0 aromatic carbocycles. The number of hydrogen-bond acceptors (Lipinski definition) is 1. The van der Waals surface area contributed by atoms with Gasteiger partial charge in [-0.3, -0.25) is 0 Å². The average molecular weight is 93.9 g/mol. The molecule has 0 spiro atoms. The summed E-state index contributed by atoms with van der Waals surface area (Å²) in [5.41, 5.74) is 0. The van der Waals surface area contributed by atoms with Crippen LogP contribution in [0.4, 0.5) is 0 Å². The van der Waals surface area contributed by atoms with Gasteiger partial charge in [-0.1, -0.05) is 0 Å². The number of halogens is 2. The fourth-order valence-electron chi connectivity index (χ4n) is 0. The van der Waals surface area contributed by atoms with E-state index in [1.165, 1.54) is 16.7 Å². The van der Waals surface area contributed by atoms with E-state index in [9.17, 15) is 0 Å². The molecule has 0 unspecified atom stereocenters. The van der Waals surface area contributed by atoms with Crippen LogP contribution in [-0.2, 0) is 0 Å². The second-order valence-corrected chi connectivity index (χ2v) is 0. The second-order valence-electron chi connectivity index (χ2n) is 0. The van der Waals surface area contributed by atoms with E-state index >= 15 is 0 Å². The van der Waals surface area contributed by atoms with E-state index in [-0.39, 0.29) is 0 Å². The zero-order valence-corrected chi connectivity index (χ0v) is 3.85. The van der Waals surface area contributed by atoms with Crippen molar-refractivity contribution in [2.45, 2.75) is 0 Å². The quantitative estimate of drug-likeness (QED) is 0.341. The molecule has 0 fully saturated rings. The molecule has 0 radical (unpaired) electrons. The zero-order valence-electron chi connectivity index (χ0n) is 2.33. The van der Waals surface area contributed by atoms with Crippen LogP contribution < -0.4 is 5.25 Å². The Morgan fingerprint density at radius 3 is 1.25 bits per heavy atom. The summed E-state index contributed by atoms with van der Waals surface area (Å²) in [5, 5.41) is 3.97. The molecule has 0 saturated carbocycles. The Labute approximate surface area is 43.9 Å². The van der Waals surface area contributed by atoms with Gasteiger partial charge in [-0.2, -0.15) is 0 Å². The van der Waals surface area contributed by atoms with Crippen molar-refractivity contribution in [1.82, 2.24) is 0 Å². The molecular formula is H2Cl2LiN. The first-order valence-electron chi connectivity index (χ1n) is 0.596. The van der Waals surface area contributed by atoms with E-state index < -0.39 is 0 Å². The van der Waals surface area contributed by atoms with Crippen LogP contribution in [0.3, 0.4) is 0 Å². The van der Waals surface area contributed by atoms with Crippen molar-refractivity contribution >= 4 is 38.3 Å². The predicted molar refractivity (Wildman–Crippen MR) is 21.6 cm³/mol. The van der Waals surface area contributed by atoms with Crippen LogP contribution in [0, 0.1) is 0 Å². The summed E-state index contributed by atoms with van der Waals surface area (Å²) in [6.07, 6.45) is 0. The third kappa shape index (κ3) is 11.1. The van der Waals surface area contributed by atoms with Crippen molar-refractivity contribution < 1.29 is 0 Å². The molecule has 0 amide bonds. The van der Waals surface area contributed by atoms with Crippen molar-refractivity contribution in [3.63, 3.8) is 0 Å². The van der Waals surface area contributed by atoms with Crippen LogP contribution in [0.5, 0.6) is 0 Å². The molecule has 0 rings (SSSR count). The molecule has 0 bridgehead atoms. The van der Waals surface area contributed by atoms with Crippen LogP contribution in [-0.4, -0.2) is 16.7 Å². The number of hydrogen-bond donors (Lipinski definition) is 1. The van der Waals surface area contributed by atoms with Gasteiger partial charge in [0.2, 0.25) is 0 Å². The van der Waals surface area contributed by atoms with Gasteiger partial charge in [0.15, 0.2) is 0 Å². The van der Waals surface area contributed by atoms with Crippen LogP contribution >= 0.6 is 21.6 Å². The molecule has 0 aromatic heterocycles. The first-order chi connectivity index (χ1) is 2.00. The molecule has 0 saturated heterocycles. The Morgan fingerprint density at radius 2 is 1.25 bits per heavy atom. The Kier molecular flexibility index (Phi) is 70.3. The summed E-state index contributed by atoms with van der Waals surface area (Å²) in [7, 11) is 4.64. The molecule has 2 N–H and O–H groups in total. The maximum absolute atomic E-state index is 4.64. The van der Waals surface area contributed by atoms with Crippen molar-refractivity contribution in [3.05, 3.63) is 0 Å². The van der Waals surface area contributed by atoms with E-state index in [0.717, 1.165) is 0 Å². The van der Waals surface area contributed by atoms with Gasteiger partial charge in [-0.15, -0.1) is 0 Å². The van der Waals surface area contributed by atoms with Gasteiger partial charge in [0, 0.05) is 0 Å².